The molecule has 2 atom stereocenters. The minimum atomic E-state index is -3.69. The summed E-state index contributed by atoms with van der Waals surface area (Å²) in [5, 5.41) is 0. The van der Waals surface area contributed by atoms with Gasteiger partial charge in [0.25, 0.3) is 20.2 Å². The summed E-state index contributed by atoms with van der Waals surface area (Å²) in [6, 6.07) is -0.668. The van der Waals surface area contributed by atoms with Crippen LogP contribution in [0.15, 0.2) is 12.7 Å². The Bertz CT molecular complexity index is 612. The summed E-state index contributed by atoms with van der Waals surface area (Å²) in [6.45, 7) is 3.04. The predicted molar refractivity (Wildman–Crippen MR) is 77.2 cm³/mol. The lowest BCUT2D eigenvalue weighted by Gasteiger charge is -2.22. The Morgan fingerprint density at radius 2 is 1.91 bits per heavy atom. The fourth-order valence-electron chi connectivity index (χ4n) is 1.99. The van der Waals surface area contributed by atoms with Crippen molar-refractivity contribution in [2.75, 3.05) is 32.3 Å². The molecule has 1 fully saturated rings. The zero-order valence-electron chi connectivity index (χ0n) is 12.3. The summed E-state index contributed by atoms with van der Waals surface area (Å²) >= 11 is 0. The number of likely N-dealkylation sites (tertiary alicyclic amines) is 1. The van der Waals surface area contributed by atoms with Gasteiger partial charge in [-0.3, -0.25) is 8.37 Å². The molecule has 0 aromatic rings. The van der Waals surface area contributed by atoms with Gasteiger partial charge >= 0.3 is 6.09 Å². The lowest BCUT2D eigenvalue weighted by atomic mass is 10.2. The van der Waals surface area contributed by atoms with Gasteiger partial charge in [0.2, 0.25) is 0 Å². The lowest BCUT2D eigenvalue weighted by molar-refractivity contribution is 0.0947. The van der Waals surface area contributed by atoms with E-state index in [2.05, 4.69) is 10.8 Å². The molecule has 0 N–H and O–H groups in total. The van der Waals surface area contributed by atoms with Crippen LogP contribution in [0.3, 0.4) is 0 Å². The quantitative estimate of drug-likeness (QED) is 0.450. The van der Waals surface area contributed by atoms with Crippen molar-refractivity contribution in [3.05, 3.63) is 12.7 Å². The van der Waals surface area contributed by atoms with Crippen LogP contribution in [-0.2, 0) is 33.3 Å². The number of amides is 1. The normalized spacial score (nSPS) is 22.5. The van der Waals surface area contributed by atoms with Crippen molar-refractivity contribution in [1.82, 2.24) is 4.90 Å². The molecular formula is C11H19NO8S2. The Morgan fingerprint density at radius 3 is 2.41 bits per heavy atom. The fraction of sp³-hybridized carbons (Fsp3) is 0.727. The van der Waals surface area contributed by atoms with Crippen LogP contribution < -0.4 is 0 Å². The van der Waals surface area contributed by atoms with Crippen LogP contribution in [-0.4, -0.2) is 72.2 Å². The van der Waals surface area contributed by atoms with Crippen molar-refractivity contribution in [2.24, 2.45) is 0 Å². The Kier molecular flexibility index (Phi) is 6.35. The maximum absolute atomic E-state index is 11.9. The molecule has 0 saturated carbocycles. The molecule has 1 aliphatic rings. The summed E-state index contributed by atoms with van der Waals surface area (Å²) in [6.07, 6.45) is 1.77. The van der Waals surface area contributed by atoms with Crippen LogP contribution in [0.25, 0.3) is 0 Å². The third kappa shape index (κ3) is 6.73. The van der Waals surface area contributed by atoms with Gasteiger partial charge in [0.05, 0.1) is 37.8 Å². The first kappa shape index (κ1) is 18.9. The van der Waals surface area contributed by atoms with Crippen LogP contribution in [0.5, 0.6) is 0 Å². The zero-order valence-corrected chi connectivity index (χ0v) is 13.9. The van der Waals surface area contributed by atoms with E-state index in [9.17, 15) is 21.6 Å². The first-order valence-corrected chi connectivity index (χ1v) is 9.92. The Morgan fingerprint density at radius 1 is 1.27 bits per heavy atom. The van der Waals surface area contributed by atoms with Crippen LogP contribution >= 0.6 is 0 Å². The van der Waals surface area contributed by atoms with Crippen molar-refractivity contribution < 1.29 is 34.7 Å². The minimum Gasteiger partial charge on any atom is -0.445 e. The number of carbonyl (C=O) groups excluding carboxylic acids is 1. The second-order valence-corrected chi connectivity index (χ2v) is 8.06. The van der Waals surface area contributed by atoms with Crippen LogP contribution in [0.2, 0.25) is 0 Å². The van der Waals surface area contributed by atoms with E-state index in [-0.39, 0.29) is 26.2 Å². The van der Waals surface area contributed by atoms with Gasteiger partial charge in [-0.25, -0.2) is 4.79 Å². The SMILES string of the molecule is C=CCOC(=O)N1C[C@H](OS(C)(=O)=O)C[C@H]1COS(C)(=O)=O. The first-order chi connectivity index (χ1) is 10.0. The van der Waals surface area contributed by atoms with Gasteiger partial charge in [0.1, 0.15) is 6.61 Å². The van der Waals surface area contributed by atoms with Gasteiger partial charge in [0, 0.05) is 0 Å². The topological polar surface area (TPSA) is 116 Å². The van der Waals surface area contributed by atoms with Crippen LogP contribution in [0.1, 0.15) is 6.42 Å². The highest BCUT2D eigenvalue weighted by Gasteiger charge is 2.39. The van der Waals surface area contributed by atoms with Gasteiger partial charge in [-0.2, -0.15) is 16.8 Å². The molecule has 1 saturated heterocycles. The van der Waals surface area contributed by atoms with Gasteiger partial charge in [-0.15, -0.1) is 0 Å². The number of rotatable bonds is 7. The molecule has 0 aromatic heterocycles. The molecule has 128 valence electrons. The number of ether oxygens (including phenoxy) is 1. The lowest BCUT2D eigenvalue weighted by Crippen LogP contribution is -2.39. The molecule has 0 aromatic carbocycles. The number of nitrogens with zero attached hydrogens (tertiary/aromatic N) is 1. The number of hydrogen-bond acceptors (Lipinski definition) is 8. The van der Waals surface area contributed by atoms with E-state index >= 15 is 0 Å². The Balaban J connectivity index is 2.78. The summed E-state index contributed by atoms with van der Waals surface area (Å²) in [5.41, 5.74) is 0. The standard InChI is InChI=1S/C11H19NO8S2/c1-4-5-18-11(13)12-7-10(20-22(3,16)17)6-9(12)8-19-21(2,14)15/h4,9-10H,1,5-8H2,2-3H3/t9-,10+/m0/s1. The molecule has 1 aliphatic heterocycles. The van der Waals surface area contributed by atoms with Gasteiger partial charge < -0.3 is 9.64 Å². The summed E-state index contributed by atoms with van der Waals surface area (Å²) in [5.74, 6) is 0. The van der Waals surface area contributed by atoms with E-state index in [1.165, 1.54) is 11.0 Å². The highest BCUT2D eigenvalue weighted by atomic mass is 32.2. The Hall–Kier alpha value is -1.17. The molecule has 1 amide bonds. The van der Waals surface area contributed by atoms with E-state index < -0.39 is 38.5 Å². The zero-order chi connectivity index (χ0) is 17.0. The van der Waals surface area contributed by atoms with Gasteiger partial charge in [0.15, 0.2) is 0 Å². The first-order valence-electron chi connectivity index (χ1n) is 6.29. The molecule has 0 unspecified atom stereocenters. The predicted octanol–water partition coefficient (Wildman–Crippen LogP) is -0.296. The van der Waals surface area contributed by atoms with Gasteiger partial charge in [-0.1, -0.05) is 12.7 Å². The maximum Gasteiger partial charge on any atom is 0.410 e. The molecule has 0 bridgehead atoms. The van der Waals surface area contributed by atoms with Crippen molar-refractivity contribution in [2.45, 2.75) is 18.6 Å². The third-order valence-electron chi connectivity index (χ3n) is 2.72. The van der Waals surface area contributed by atoms with E-state index in [0.29, 0.717) is 0 Å². The highest BCUT2D eigenvalue weighted by molar-refractivity contribution is 7.86. The van der Waals surface area contributed by atoms with Crippen molar-refractivity contribution >= 4 is 26.3 Å². The van der Waals surface area contributed by atoms with Crippen LogP contribution in [0, 0.1) is 0 Å². The van der Waals surface area contributed by atoms with E-state index in [0.717, 1.165) is 12.5 Å². The van der Waals surface area contributed by atoms with E-state index in [1.54, 1.807) is 0 Å². The summed E-state index contributed by atoms with van der Waals surface area (Å²) in [4.78, 5) is 13.1. The average molecular weight is 357 g/mol. The molecule has 9 nitrogen and oxygen atoms in total. The monoisotopic (exact) mass is 357 g/mol. The smallest absolute Gasteiger partial charge is 0.410 e. The van der Waals surface area contributed by atoms with Crippen LogP contribution in [0.4, 0.5) is 4.79 Å². The molecular weight excluding hydrogens is 338 g/mol. The van der Waals surface area contributed by atoms with Crippen molar-refractivity contribution in [3.8, 4) is 0 Å². The highest BCUT2D eigenvalue weighted by Crippen LogP contribution is 2.23. The van der Waals surface area contributed by atoms with Crippen molar-refractivity contribution in [1.29, 1.82) is 0 Å². The molecule has 0 radical (unpaired) electrons. The van der Waals surface area contributed by atoms with Gasteiger partial charge in [-0.05, 0) is 6.42 Å². The fourth-order valence-corrected chi connectivity index (χ4v) is 3.03. The second-order valence-electron chi connectivity index (χ2n) is 4.82. The maximum atomic E-state index is 11.9. The summed E-state index contributed by atoms with van der Waals surface area (Å²) in [7, 11) is -7.38. The molecule has 0 aliphatic carbocycles. The number of hydrogen-bond donors (Lipinski definition) is 0. The average Bonchev–Trinajstić information content (AvgIpc) is 2.73. The molecule has 11 heteroatoms. The second kappa shape index (κ2) is 7.40. The summed E-state index contributed by atoms with van der Waals surface area (Å²) < 4.78 is 58.8. The number of carbonyl (C=O) groups is 1. The largest absolute Gasteiger partial charge is 0.445 e. The molecule has 0 spiro atoms. The van der Waals surface area contributed by atoms with E-state index in [4.69, 9.17) is 8.92 Å². The molecule has 1 rings (SSSR count). The molecule has 1 heterocycles. The third-order valence-corrected chi connectivity index (χ3v) is 3.91. The minimum absolute atomic E-state index is 0.0212. The Labute approximate surface area is 130 Å². The van der Waals surface area contributed by atoms with E-state index in [1.807, 2.05) is 0 Å². The molecule has 22 heavy (non-hydrogen) atoms. The van der Waals surface area contributed by atoms with Crippen molar-refractivity contribution in [3.63, 3.8) is 0 Å².